The Morgan fingerprint density at radius 2 is 1.19 bits per heavy atom. The Bertz CT molecular complexity index is 1820. The van der Waals surface area contributed by atoms with Gasteiger partial charge >= 0.3 is 12.2 Å². The summed E-state index contributed by atoms with van der Waals surface area (Å²) in [6.45, 7) is 12.1. The van der Waals surface area contributed by atoms with Crippen LogP contribution in [0.15, 0.2) is 60.9 Å². The lowest BCUT2D eigenvalue weighted by atomic mass is 10.00. The summed E-state index contributed by atoms with van der Waals surface area (Å²) in [7, 11) is 2.55. The molecule has 5 rings (SSSR count). The normalized spacial score (nSPS) is 15.9. The number of carbonyl (C=O) groups is 4. The third kappa shape index (κ3) is 9.10. The maximum Gasteiger partial charge on any atom is 0.407 e. The minimum Gasteiger partial charge on any atom is -0.453 e. The highest BCUT2D eigenvalue weighted by molar-refractivity contribution is 5.87. The number of carbonyl (C=O) groups excluding carboxylic acids is 4. The van der Waals surface area contributed by atoms with Gasteiger partial charge in [-0.15, -0.1) is 0 Å². The molecule has 0 unspecified atom stereocenters. The van der Waals surface area contributed by atoms with Crippen LogP contribution in [0.4, 0.5) is 9.59 Å². The van der Waals surface area contributed by atoms with Crippen molar-refractivity contribution in [2.45, 2.75) is 78.6 Å². The smallest absolute Gasteiger partial charge is 0.407 e. The molecule has 14 heteroatoms. The first-order valence-electron chi connectivity index (χ1n) is 18.4. The summed E-state index contributed by atoms with van der Waals surface area (Å²) in [5, 5.41) is 8.36. The Labute approximate surface area is 316 Å². The first kappa shape index (κ1) is 39.5. The molecular weight excluding hydrogens is 688 g/mol. The van der Waals surface area contributed by atoms with Crippen molar-refractivity contribution in [3.63, 3.8) is 0 Å². The van der Waals surface area contributed by atoms with E-state index in [0.717, 1.165) is 52.3 Å². The van der Waals surface area contributed by atoms with Crippen molar-refractivity contribution >= 4 is 24.0 Å². The van der Waals surface area contributed by atoms with Gasteiger partial charge in [-0.25, -0.2) is 19.6 Å². The van der Waals surface area contributed by atoms with Crippen molar-refractivity contribution in [1.82, 2.24) is 40.8 Å². The summed E-state index contributed by atoms with van der Waals surface area (Å²) in [6, 6.07) is 14.2. The third-order valence-corrected chi connectivity index (χ3v) is 9.80. The van der Waals surface area contributed by atoms with Crippen LogP contribution in [0.5, 0.6) is 0 Å². The molecule has 4 atom stereocenters. The third-order valence-electron chi connectivity index (χ3n) is 9.80. The Kier molecular flexibility index (Phi) is 12.8. The molecule has 5 N–H and O–H groups in total. The number of methoxy groups -OCH3 is 2. The average Bonchev–Trinajstić information content (AvgIpc) is 3.96. The molecule has 0 aliphatic carbocycles. The van der Waals surface area contributed by atoms with Crippen molar-refractivity contribution in [2.75, 3.05) is 20.8 Å². The lowest BCUT2D eigenvalue weighted by Crippen LogP contribution is -2.51. The molecule has 3 heterocycles. The Morgan fingerprint density at radius 1 is 0.685 bits per heavy atom. The second-order valence-electron chi connectivity index (χ2n) is 14.6. The number of rotatable bonds is 13. The van der Waals surface area contributed by atoms with Crippen LogP contribution in [-0.4, -0.2) is 81.7 Å². The summed E-state index contributed by atoms with van der Waals surface area (Å²) >= 11 is 0. The van der Waals surface area contributed by atoms with Crippen LogP contribution in [-0.2, 0) is 19.1 Å². The molecule has 2 aromatic heterocycles. The van der Waals surface area contributed by atoms with Gasteiger partial charge in [0.1, 0.15) is 23.7 Å². The van der Waals surface area contributed by atoms with Crippen LogP contribution in [0.25, 0.3) is 33.6 Å². The molecule has 1 aliphatic heterocycles. The molecule has 1 fully saturated rings. The largest absolute Gasteiger partial charge is 0.453 e. The molecule has 4 aromatic rings. The number of aromatic amines is 2. The molecule has 0 radical (unpaired) electrons. The van der Waals surface area contributed by atoms with Crippen LogP contribution in [0.1, 0.15) is 78.1 Å². The van der Waals surface area contributed by atoms with Crippen molar-refractivity contribution in [2.24, 2.45) is 17.8 Å². The van der Waals surface area contributed by atoms with E-state index in [1.165, 1.54) is 14.2 Å². The SMILES string of the molecule is COC(=O)N[C@H](C(=O)N[C@@H](c1nc(-c2ccc(-c3ccc(-c4c[nH]c([C@@H]5CCCN5C(=O)[C@@H](NC(=O)OC)C(C)C)n4)cc3)cc2)c[nH]1)C(C)C)C(C)C. The number of aromatic nitrogens is 4. The summed E-state index contributed by atoms with van der Waals surface area (Å²) < 4.78 is 9.45. The Hall–Kier alpha value is -5.66. The summed E-state index contributed by atoms with van der Waals surface area (Å²) in [4.78, 5) is 68.5. The summed E-state index contributed by atoms with van der Waals surface area (Å²) in [5.74, 6) is 0.657. The number of H-pyrrole nitrogens is 2. The fourth-order valence-electron chi connectivity index (χ4n) is 6.67. The fraction of sp³-hybridized carbons (Fsp3) is 0.450. The van der Waals surface area contributed by atoms with Gasteiger partial charge in [0.15, 0.2) is 0 Å². The van der Waals surface area contributed by atoms with E-state index < -0.39 is 30.3 Å². The van der Waals surface area contributed by atoms with Crippen molar-refractivity contribution < 1.29 is 28.7 Å². The van der Waals surface area contributed by atoms with Crippen molar-refractivity contribution in [1.29, 1.82) is 0 Å². The van der Waals surface area contributed by atoms with E-state index in [9.17, 15) is 19.2 Å². The van der Waals surface area contributed by atoms with Crippen LogP contribution in [0.2, 0.25) is 0 Å². The Balaban J connectivity index is 1.25. The van der Waals surface area contributed by atoms with Gasteiger partial charge in [0.25, 0.3) is 0 Å². The minimum atomic E-state index is -0.756. The highest BCUT2D eigenvalue weighted by atomic mass is 16.5. The van der Waals surface area contributed by atoms with E-state index in [2.05, 4.69) is 38.1 Å². The molecular formula is C40H52N8O6. The number of hydrogen-bond donors (Lipinski definition) is 5. The van der Waals surface area contributed by atoms with Crippen molar-refractivity contribution in [3.8, 4) is 33.6 Å². The van der Waals surface area contributed by atoms with E-state index in [4.69, 9.17) is 19.4 Å². The molecule has 54 heavy (non-hydrogen) atoms. The standard InChI is InChI=1S/C40H52N8O6/c1-22(2)32(45-37(49)33(23(3)4)46-39(51)53-7)36-42-21-30(44-36)28-17-13-26(14-18-28)25-11-15-27(16-12-25)29-20-41-35(43-29)31-10-9-19-48(31)38(50)34(24(5)6)47-40(52)54-8/h11-18,20-24,31-34H,9-10,19H2,1-8H3,(H,41,43)(H,42,44)(H,45,49)(H,46,51)(H,47,52)/t31-,32+,33-,34-/m0/s1. The molecule has 1 aliphatic rings. The Morgan fingerprint density at radius 3 is 1.70 bits per heavy atom. The van der Waals surface area contributed by atoms with Gasteiger partial charge in [-0.3, -0.25) is 9.59 Å². The van der Waals surface area contributed by atoms with Crippen LogP contribution < -0.4 is 16.0 Å². The highest BCUT2D eigenvalue weighted by Crippen LogP contribution is 2.33. The van der Waals surface area contributed by atoms with Crippen LogP contribution in [0.3, 0.4) is 0 Å². The number of ether oxygens (including phenoxy) is 2. The minimum absolute atomic E-state index is 0.0261. The lowest BCUT2D eigenvalue weighted by Gasteiger charge is -2.29. The highest BCUT2D eigenvalue weighted by Gasteiger charge is 2.37. The predicted molar refractivity (Wildman–Crippen MR) is 205 cm³/mol. The number of benzene rings is 2. The number of likely N-dealkylation sites (tertiary alicyclic amines) is 1. The zero-order valence-corrected chi connectivity index (χ0v) is 32.2. The lowest BCUT2D eigenvalue weighted by molar-refractivity contribution is -0.135. The molecule has 0 bridgehead atoms. The van der Waals surface area contributed by atoms with Gasteiger partial charge in [0.2, 0.25) is 11.8 Å². The second kappa shape index (κ2) is 17.4. The number of imidazole rings is 2. The number of amides is 4. The molecule has 1 saturated heterocycles. The summed E-state index contributed by atoms with van der Waals surface area (Å²) in [5.41, 5.74) is 5.47. The number of nitrogens with one attached hydrogen (secondary N) is 5. The monoisotopic (exact) mass is 740 g/mol. The molecule has 0 saturated carbocycles. The number of alkyl carbamates (subject to hydrolysis) is 2. The van der Waals surface area contributed by atoms with E-state index in [0.29, 0.717) is 12.4 Å². The molecule has 14 nitrogen and oxygen atoms in total. The summed E-state index contributed by atoms with van der Waals surface area (Å²) in [6.07, 6.45) is 4.03. The number of hydrogen-bond acceptors (Lipinski definition) is 8. The zero-order valence-electron chi connectivity index (χ0n) is 32.2. The second-order valence-corrected chi connectivity index (χ2v) is 14.6. The molecule has 4 amide bonds. The zero-order chi connectivity index (χ0) is 39.1. The first-order chi connectivity index (χ1) is 25.8. The maximum absolute atomic E-state index is 13.5. The topological polar surface area (TPSA) is 183 Å². The molecule has 2 aromatic carbocycles. The molecule has 0 spiro atoms. The van der Waals surface area contributed by atoms with Crippen LogP contribution >= 0.6 is 0 Å². The van der Waals surface area contributed by atoms with Gasteiger partial charge in [-0.05, 0) is 41.7 Å². The average molecular weight is 741 g/mol. The predicted octanol–water partition coefficient (Wildman–Crippen LogP) is 6.37. The quantitative estimate of drug-likeness (QED) is 0.105. The van der Waals surface area contributed by atoms with Gasteiger partial charge in [-0.1, -0.05) is 90.1 Å². The fourth-order valence-corrected chi connectivity index (χ4v) is 6.67. The van der Waals surface area contributed by atoms with E-state index in [1.54, 1.807) is 4.90 Å². The van der Waals surface area contributed by atoms with E-state index in [-0.39, 0.29) is 35.6 Å². The van der Waals surface area contributed by atoms with Gasteiger partial charge in [0.05, 0.1) is 37.7 Å². The van der Waals surface area contributed by atoms with E-state index >= 15 is 0 Å². The van der Waals surface area contributed by atoms with Gasteiger partial charge in [0, 0.05) is 30.1 Å². The maximum atomic E-state index is 13.5. The van der Waals surface area contributed by atoms with Gasteiger partial charge in [-0.2, -0.15) is 0 Å². The van der Waals surface area contributed by atoms with Gasteiger partial charge < -0.3 is 40.3 Å². The van der Waals surface area contributed by atoms with E-state index in [1.807, 2.05) is 90.3 Å². The first-order valence-corrected chi connectivity index (χ1v) is 18.4. The van der Waals surface area contributed by atoms with Crippen LogP contribution in [0, 0.1) is 17.8 Å². The van der Waals surface area contributed by atoms with Crippen molar-refractivity contribution in [3.05, 3.63) is 72.6 Å². The molecule has 288 valence electrons. The number of nitrogens with zero attached hydrogens (tertiary/aromatic N) is 3.